The van der Waals surface area contributed by atoms with Crippen LogP contribution in [0.5, 0.6) is 11.8 Å². The third-order valence-corrected chi connectivity index (χ3v) is 4.72. The number of hydrogen-bond donors (Lipinski definition) is 1. The maximum atomic E-state index is 12.6. The normalized spacial score (nSPS) is 19.1. The molecular weight excluding hydrogens is 484 g/mol. The Morgan fingerprint density at radius 3 is 2.68 bits per heavy atom. The molecule has 2 aromatic rings. The standard InChI is InChI=1S/C19H22BrF2N3O6/c1-19(21,22)30-9-8-27-18-25-24-17(31-18)15-7-4-13(10-29-15)23-16(26)11-28-14-5-2-12(20)3-6-14/h2-3,5-6,13,15H,4,7-11H2,1H3,(H,23,26)/t13-,15+/m0/s1. The molecule has 0 bridgehead atoms. The molecule has 1 aromatic carbocycles. The summed E-state index contributed by atoms with van der Waals surface area (Å²) >= 11 is 3.33. The van der Waals surface area contributed by atoms with Gasteiger partial charge in [0.25, 0.3) is 5.91 Å². The molecule has 1 saturated heterocycles. The zero-order chi connectivity index (χ0) is 22.3. The lowest BCUT2D eigenvalue weighted by Crippen LogP contribution is -2.43. The van der Waals surface area contributed by atoms with Crippen LogP contribution < -0.4 is 14.8 Å². The van der Waals surface area contributed by atoms with Gasteiger partial charge in [0.1, 0.15) is 18.5 Å². The summed E-state index contributed by atoms with van der Waals surface area (Å²) in [6.07, 6.45) is -2.62. The molecule has 12 heteroatoms. The first kappa shape index (κ1) is 23.4. The van der Waals surface area contributed by atoms with Crippen molar-refractivity contribution in [2.75, 3.05) is 26.4 Å². The van der Waals surface area contributed by atoms with Crippen molar-refractivity contribution in [2.45, 2.75) is 38.0 Å². The maximum Gasteiger partial charge on any atom is 0.414 e. The minimum atomic E-state index is -3.23. The summed E-state index contributed by atoms with van der Waals surface area (Å²) in [4.78, 5) is 12.1. The van der Waals surface area contributed by atoms with Crippen molar-refractivity contribution in [1.29, 1.82) is 0 Å². The van der Waals surface area contributed by atoms with Gasteiger partial charge in [0.05, 0.1) is 19.3 Å². The van der Waals surface area contributed by atoms with Crippen molar-refractivity contribution in [3.63, 3.8) is 0 Å². The van der Waals surface area contributed by atoms with Gasteiger partial charge in [-0.2, -0.15) is 8.78 Å². The number of rotatable bonds is 10. The highest BCUT2D eigenvalue weighted by atomic mass is 79.9. The summed E-state index contributed by atoms with van der Waals surface area (Å²) in [7, 11) is 0. The number of nitrogens with one attached hydrogen (secondary N) is 1. The molecular formula is C19H22BrF2N3O6. The van der Waals surface area contributed by atoms with Crippen LogP contribution in [0, 0.1) is 0 Å². The van der Waals surface area contributed by atoms with E-state index in [1.807, 2.05) is 12.1 Å². The molecule has 0 aliphatic carbocycles. The Labute approximate surface area is 185 Å². The summed E-state index contributed by atoms with van der Waals surface area (Å²) < 4.78 is 51.9. The Morgan fingerprint density at radius 1 is 1.23 bits per heavy atom. The molecule has 0 saturated carbocycles. The second kappa shape index (κ2) is 10.8. The van der Waals surface area contributed by atoms with Gasteiger partial charge in [0.2, 0.25) is 5.89 Å². The van der Waals surface area contributed by atoms with E-state index in [-0.39, 0.29) is 50.3 Å². The molecule has 1 aliphatic rings. The molecule has 0 radical (unpaired) electrons. The van der Waals surface area contributed by atoms with Crippen LogP contribution in [0.3, 0.4) is 0 Å². The summed E-state index contributed by atoms with van der Waals surface area (Å²) in [5, 5.41) is 10.4. The zero-order valence-electron chi connectivity index (χ0n) is 16.7. The van der Waals surface area contributed by atoms with Crippen molar-refractivity contribution < 1.29 is 36.9 Å². The summed E-state index contributed by atoms with van der Waals surface area (Å²) in [5.41, 5.74) is 0. The van der Waals surface area contributed by atoms with Gasteiger partial charge in [-0.25, -0.2) is 0 Å². The molecule has 1 amide bonds. The average Bonchev–Trinajstić information content (AvgIpc) is 3.20. The highest BCUT2D eigenvalue weighted by Gasteiger charge is 2.28. The van der Waals surface area contributed by atoms with E-state index in [1.54, 1.807) is 12.1 Å². The number of alkyl halides is 2. The van der Waals surface area contributed by atoms with E-state index in [2.05, 4.69) is 36.2 Å². The fraction of sp³-hybridized carbons (Fsp3) is 0.526. The summed E-state index contributed by atoms with van der Waals surface area (Å²) in [6, 6.07) is 7.02. The minimum Gasteiger partial charge on any atom is -0.484 e. The van der Waals surface area contributed by atoms with E-state index < -0.39 is 12.2 Å². The molecule has 1 fully saturated rings. The summed E-state index contributed by atoms with van der Waals surface area (Å²) in [6.45, 7) is 0.330. The van der Waals surface area contributed by atoms with Crippen molar-refractivity contribution in [3.8, 4) is 11.8 Å². The van der Waals surface area contributed by atoms with E-state index in [0.29, 0.717) is 25.5 Å². The van der Waals surface area contributed by atoms with Crippen LogP contribution in [-0.4, -0.2) is 54.7 Å². The van der Waals surface area contributed by atoms with E-state index in [0.717, 1.165) is 4.47 Å². The van der Waals surface area contributed by atoms with Gasteiger partial charge in [-0.3, -0.25) is 4.79 Å². The van der Waals surface area contributed by atoms with Gasteiger partial charge in [0, 0.05) is 11.4 Å². The zero-order valence-corrected chi connectivity index (χ0v) is 18.3. The first-order chi connectivity index (χ1) is 14.8. The number of nitrogens with zero attached hydrogens (tertiary/aromatic N) is 2. The quantitative estimate of drug-likeness (QED) is 0.490. The largest absolute Gasteiger partial charge is 0.484 e. The van der Waals surface area contributed by atoms with Gasteiger partial charge in [0.15, 0.2) is 6.61 Å². The van der Waals surface area contributed by atoms with Gasteiger partial charge < -0.3 is 28.7 Å². The van der Waals surface area contributed by atoms with E-state index >= 15 is 0 Å². The van der Waals surface area contributed by atoms with Crippen LogP contribution in [0.2, 0.25) is 0 Å². The molecule has 2 atom stereocenters. The second-order valence-corrected chi connectivity index (χ2v) is 7.73. The second-order valence-electron chi connectivity index (χ2n) is 6.82. The number of halogens is 3. The van der Waals surface area contributed by atoms with E-state index in [4.69, 9.17) is 18.6 Å². The molecule has 0 spiro atoms. The molecule has 1 N–H and O–H groups in total. The number of amides is 1. The monoisotopic (exact) mass is 505 g/mol. The van der Waals surface area contributed by atoms with Gasteiger partial charge in [-0.05, 0) is 37.1 Å². The number of hydrogen-bond acceptors (Lipinski definition) is 8. The SMILES string of the molecule is CC(F)(F)OCCOc1nnc([C@H]2CC[C@H](NC(=O)COc3ccc(Br)cc3)CO2)o1. The number of benzene rings is 1. The van der Waals surface area contributed by atoms with Crippen LogP contribution in [0.25, 0.3) is 0 Å². The van der Waals surface area contributed by atoms with Gasteiger partial charge in [-0.1, -0.05) is 21.0 Å². The fourth-order valence-corrected chi connectivity index (χ4v) is 3.03. The lowest BCUT2D eigenvalue weighted by Gasteiger charge is -2.27. The minimum absolute atomic E-state index is 0.0976. The molecule has 2 heterocycles. The van der Waals surface area contributed by atoms with E-state index in [9.17, 15) is 13.6 Å². The van der Waals surface area contributed by atoms with Crippen LogP contribution in [0.15, 0.2) is 33.2 Å². The third kappa shape index (κ3) is 8.04. The van der Waals surface area contributed by atoms with Crippen LogP contribution >= 0.6 is 15.9 Å². The molecule has 1 aromatic heterocycles. The Bertz CT molecular complexity index is 838. The number of aromatic nitrogens is 2. The predicted octanol–water partition coefficient (Wildman–Crippen LogP) is 3.26. The first-order valence-electron chi connectivity index (χ1n) is 9.56. The van der Waals surface area contributed by atoms with Crippen LogP contribution in [0.4, 0.5) is 8.78 Å². The number of carbonyl (C=O) groups excluding carboxylic acids is 1. The molecule has 1 aliphatic heterocycles. The average molecular weight is 506 g/mol. The van der Waals surface area contributed by atoms with E-state index in [1.165, 1.54) is 0 Å². The Morgan fingerprint density at radius 2 is 2.00 bits per heavy atom. The van der Waals surface area contributed by atoms with Gasteiger partial charge >= 0.3 is 12.2 Å². The maximum absolute atomic E-state index is 12.6. The number of ether oxygens (including phenoxy) is 4. The Kier molecular flexibility index (Phi) is 8.15. The third-order valence-electron chi connectivity index (χ3n) is 4.19. The smallest absolute Gasteiger partial charge is 0.414 e. The van der Waals surface area contributed by atoms with Gasteiger partial charge in [-0.15, -0.1) is 5.10 Å². The Balaban J connectivity index is 1.35. The predicted molar refractivity (Wildman–Crippen MR) is 106 cm³/mol. The molecule has 170 valence electrons. The van der Waals surface area contributed by atoms with Crippen molar-refractivity contribution in [2.24, 2.45) is 0 Å². The van der Waals surface area contributed by atoms with Crippen molar-refractivity contribution in [1.82, 2.24) is 15.5 Å². The van der Waals surface area contributed by atoms with Crippen LogP contribution in [-0.2, 0) is 14.3 Å². The van der Waals surface area contributed by atoms with Crippen molar-refractivity contribution in [3.05, 3.63) is 34.6 Å². The topological polar surface area (TPSA) is 105 Å². The number of carbonyl (C=O) groups is 1. The van der Waals surface area contributed by atoms with Crippen molar-refractivity contribution >= 4 is 21.8 Å². The molecule has 3 rings (SSSR count). The molecule has 9 nitrogen and oxygen atoms in total. The highest BCUT2D eigenvalue weighted by Crippen LogP contribution is 2.28. The van der Waals surface area contributed by atoms with Crippen LogP contribution in [0.1, 0.15) is 31.8 Å². The molecule has 0 unspecified atom stereocenters. The Hall–Kier alpha value is -2.31. The lowest BCUT2D eigenvalue weighted by molar-refractivity contribution is -0.226. The summed E-state index contributed by atoms with van der Waals surface area (Å²) in [5.74, 6) is 0.575. The lowest BCUT2D eigenvalue weighted by atomic mass is 10.1. The first-order valence-corrected chi connectivity index (χ1v) is 10.3. The molecule has 31 heavy (non-hydrogen) atoms. The fourth-order valence-electron chi connectivity index (χ4n) is 2.77. The highest BCUT2D eigenvalue weighted by molar-refractivity contribution is 9.10.